The van der Waals surface area contributed by atoms with Crippen LogP contribution in [0.25, 0.3) is 0 Å². The van der Waals surface area contributed by atoms with Gasteiger partial charge < -0.3 is 20.4 Å². The number of fused-ring (bicyclic) bond motifs is 20. The van der Waals surface area contributed by atoms with Crippen molar-refractivity contribution in [2.75, 3.05) is 0 Å². The molecule has 16 nitrogen and oxygen atoms in total. The Balaban J connectivity index is 0.00000400. The van der Waals surface area contributed by atoms with Gasteiger partial charge in [0.15, 0.2) is 0 Å². The summed E-state index contributed by atoms with van der Waals surface area (Å²) in [5, 5.41) is 71.4. The third-order valence-corrected chi connectivity index (χ3v) is 15.5. The van der Waals surface area contributed by atoms with Crippen LogP contribution in [0, 0.1) is 71.0 Å². The summed E-state index contributed by atoms with van der Waals surface area (Å²) in [6.45, 7) is 0. The number of hydrogen-bond acceptors (Lipinski definition) is 12. The second-order valence-corrected chi connectivity index (χ2v) is 17.9. The van der Waals surface area contributed by atoms with Crippen LogP contribution in [0.2, 0.25) is 0 Å². The number of nitrogens with one attached hydrogen (secondary N) is 8. The van der Waals surface area contributed by atoms with E-state index < -0.39 is 47.5 Å². The van der Waals surface area contributed by atoms with Crippen LogP contribution in [0.3, 0.4) is 0 Å². The van der Waals surface area contributed by atoms with Gasteiger partial charge in [-0.05, 0) is 124 Å². The third kappa shape index (κ3) is 6.87. The summed E-state index contributed by atoms with van der Waals surface area (Å²) in [5.41, 5.74) is 0. The second kappa shape index (κ2) is 14.9. The zero-order valence-electron chi connectivity index (χ0n) is 30.2. The van der Waals surface area contributed by atoms with Gasteiger partial charge in [0, 0.05) is 19.5 Å². The zero-order valence-corrected chi connectivity index (χ0v) is 33.1. The van der Waals surface area contributed by atoms with Crippen molar-refractivity contribution in [1.29, 1.82) is 0 Å². The monoisotopic (exact) mass is 792 g/mol. The predicted octanol–water partition coefficient (Wildman–Crippen LogP) is -0.154. The van der Waals surface area contributed by atoms with Crippen LogP contribution in [0.4, 0.5) is 0 Å². The Morgan fingerprint density at radius 1 is 0.302 bits per heavy atom. The number of carboxylic acid groups (broad SMARTS) is 4. The average Bonchev–Trinajstić information content (AvgIpc) is 3.85. The van der Waals surface area contributed by atoms with Gasteiger partial charge in [-0.25, -0.2) is 0 Å². The maximum absolute atomic E-state index is 12.3. The molecule has 0 aromatic rings. The van der Waals surface area contributed by atoms with Gasteiger partial charge in [0.2, 0.25) is 0 Å². The Labute approximate surface area is 322 Å². The van der Waals surface area contributed by atoms with Crippen LogP contribution in [-0.4, -0.2) is 93.6 Å². The first-order valence-corrected chi connectivity index (χ1v) is 20.0. The first-order chi connectivity index (χ1) is 25.0. The van der Waals surface area contributed by atoms with E-state index in [1.165, 1.54) is 0 Å². The zero-order chi connectivity index (χ0) is 36.0. The fourth-order valence-corrected chi connectivity index (χ4v) is 12.9. The van der Waals surface area contributed by atoms with E-state index in [0.29, 0.717) is 51.4 Å². The van der Waals surface area contributed by atoms with Crippen molar-refractivity contribution in [2.24, 2.45) is 71.0 Å². The van der Waals surface area contributed by atoms with E-state index in [2.05, 4.69) is 42.5 Å². The molecule has 290 valence electrons. The minimum Gasteiger partial charge on any atom is -0.481 e. The van der Waals surface area contributed by atoms with E-state index in [1.54, 1.807) is 0 Å². The molecule has 8 bridgehead atoms. The van der Waals surface area contributed by atoms with Gasteiger partial charge in [0.1, 0.15) is 0 Å². The standard InChI is InChI=1S/C36H56N8O8.Zn/c45-33(46)13-1-5-17-21(9-13)29-38-25(17)37-26-18-6-2-15(35(49)50)11-23(18)31(39-26)44-32-24-12-16(36(51)52)4-8-20(24)28(43-32)42-30-22-10-14(34(47)48)3-7-19(22)27(40-29)41-30;/h13-32,37-44H,1-12H2,(H,45,46)(H,47,48)(H,49,50)(H,51,52);. The number of carbonyl (C=O) groups is 4. The fourth-order valence-electron chi connectivity index (χ4n) is 12.9. The van der Waals surface area contributed by atoms with Crippen molar-refractivity contribution in [3.63, 3.8) is 0 Å². The molecule has 0 aromatic carbocycles. The number of hydrogen-bond donors (Lipinski definition) is 12. The topological polar surface area (TPSA) is 245 Å². The molecule has 17 heteroatoms. The van der Waals surface area contributed by atoms with E-state index in [-0.39, 0.29) is 116 Å². The van der Waals surface area contributed by atoms with E-state index in [4.69, 9.17) is 0 Å². The van der Waals surface area contributed by atoms with E-state index in [0.717, 1.165) is 25.7 Å². The van der Waals surface area contributed by atoms with Gasteiger partial charge in [-0.3, -0.25) is 61.7 Å². The Morgan fingerprint density at radius 2 is 0.472 bits per heavy atom. The van der Waals surface area contributed by atoms with Gasteiger partial charge in [0.05, 0.1) is 73.0 Å². The Hall–Kier alpha value is -1.82. The van der Waals surface area contributed by atoms with Crippen molar-refractivity contribution < 1.29 is 59.1 Å². The molecule has 9 aliphatic rings. The molecule has 9 fully saturated rings. The van der Waals surface area contributed by atoms with Crippen molar-refractivity contribution in [3.8, 4) is 0 Å². The third-order valence-electron chi connectivity index (χ3n) is 15.5. The van der Waals surface area contributed by atoms with Crippen LogP contribution in [0.5, 0.6) is 0 Å². The quantitative estimate of drug-likeness (QED) is 0.166. The van der Waals surface area contributed by atoms with E-state index >= 15 is 0 Å². The summed E-state index contributed by atoms with van der Waals surface area (Å²) in [6, 6.07) is 0. The maximum atomic E-state index is 12.3. The first-order valence-electron chi connectivity index (χ1n) is 20.0. The summed E-state index contributed by atoms with van der Waals surface area (Å²) >= 11 is 0. The maximum Gasteiger partial charge on any atom is 0.306 e. The molecule has 5 aliphatic heterocycles. The minimum atomic E-state index is -0.763. The molecule has 20 unspecified atom stereocenters. The van der Waals surface area contributed by atoms with Crippen molar-refractivity contribution in [3.05, 3.63) is 0 Å². The number of aliphatic carboxylic acids is 4. The number of carboxylic acids is 4. The van der Waals surface area contributed by atoms with Gasteiger partial charge in [-0.1, -0.05) is 0 Å². The van der Waals surface area contributed by atoms with Crippen LogP contribution >= 0.6 is 0 Å². The second-order valence-electron chi connectivity index (χ2n) is 17.9. The molecular formula is C36H56N8O8Zn. The fraction of sp³-hybridized carbons (Fsp3) is 0.889. The van der Waals surface area contributed by atoms with E-state index in [9.17, 15) is 39.6 Å². The normalized spacial score (nSPS) is 51.5. The first kappa shape index (κ1) is 38.1. The van der Waals surface area contributed by atoms with Crippen LogP contribution in [0.15, 0.2) is 0 Å². The molecule has 0 amide bonds. The molecular weight excluding hydrogens is 738 g/mol. The molecule has 5 saturated heterocycles. The average molecular weight is 794 g/mol. The number of rotatable bonds is 4. The molecule has 4 aliphatic carbocycles. The summed E-state index contributed by atoms with van der Waals surface area (Å²) in [6.07, 6.45) is 6.66. The summed E-state index contributed by atoms with van der Waals surface area (Å²) in [4.78, 5) is 49.0. The van der Waals surface area contributed by atoms with Gasteiger partial charge in [0.25, 0.3) is 0 Å². The van der Waals surface area contributed by atoms with Crippen molar-refractivity contribution in [2.45, 2.75) is 126 Å². The summed E-state index contributed by atoms with van der Waals surface area (Å²) in [7, 11) is 0. The molecule has 5 heterocycles. The van der Waals surface area contributed by atoms with Crippen molar-refractivity contribution >= 4 is 23.9 Å². The van der Waals surface area contributed by atoms with E-state index in [1.807, 2.05) is 0 Å². The minimum absolute atomic E-state index is 0. The molecule has 0 radical (unpaired) electrons. The Bertz CT molecular complexity index is 1450. The van der Waals surface area contributed by atoms with Crippen LogP contribution in [0.1, 0.15) is 77.0 Å². The Kier molecular flexibility index (Phi) is 10.7. The smallest absolute Gasteiger partial charge is 0.306 e. The molecule has 12 N–H and O–H groups in total. The predicted molar refractivity (Wildman–Crippen MR) is 183 cm³/mol. The molecule has 0 aromatic heterocycles. The molecule has 9 rings (SSSR count). The van der Waals surface area contributed by atoms with Gasteiger partial charge in [-0.15, -0.1) is 0 Å². The summed E-state index contributed by atoms with van der Waals surface area (Å²) < 4.78 is 0. The molecule has 4 saturated carbocycles. The van der Waals surface area contributed by atoms with Crippen LogP contribution < -0.4 is 42.5 Å². The van der Waals surface area contributed by atoms with Crippen LogP contribution in [-0.2, 0) is 38.7 Å². The largest absolute Gasteiger partial charge is 0.481 e. The van der Waals surface area contributed by atoms with Gasteiger partial charge in [-0.2, -0.15) is 0 Å². The Morgan fingerprint density at radius 3 is 0.642 bits per heavy atom. The molecule has 0 spiro atoms. The SMILES string of the molecule is O=C(O)C1CCC2C3NC4NC(NC5NC(NC6NC(NC(N3)C2C1)C1CCC(C(=O)O)CC61)C1CCC(C(=O)O)CC51)C1CC(C(=O)O)CCC41.[Zn]. The molecule has 53 heavy (non-hydrogen) atoms. The molecule has 20 atom stereocenters. The van der Waals surface area contributed by atoms with Gasteiger partial charge >= 0.3 is 23.9 Å². The summed E-state index contributed by atoms with van der Waals surface area (Å²) in [5.74, 6) is -3.70. The van der Waals surface area contributed by atoms with Crippen molar-refractivity contribution in [1.82, 2.24) is 42.5 Å².